The molecule has 1 fully saturated rings. The van der Waals surface area contributed by atoms with Crippen molar-refractivity contribution < 1.29 is 19.1 Å². The smallest absolute Gasteiger partial charge is 0.350 e. The predicted octanol–water partition coefficient (Wildman–Crippen LogP) is 1.88. The Morgan fingerprint density at radius 3 is 2.73 bits per heavy atom. The van der Waals surface area contributed by atoms with E-state index in [1.165, 1.54) is 0 Å². The van der Waals surface area contributed by atoms with Gasteiger partial charge in [-0.3, -0.25) is 14.5 Å². The molecule has 30 heavy (non-hydrogen) atoms. The van der Waals surface area contributed by atoms with Crippen molar-refractivity contribution >= 4 is 29.2 Å². The van der Waals surface area contributed by atoms with Gasteiger partial charge in [-0.2, -0.15) is 4.99 Å². The van der Waals surface area contributed by atoms with E-state index in [4.69, 9.17) is 4.74 Å². The lowest BCUT2D eigenvalue weighted by molar-refractivity contribution is -0.133. The van der Waals surface area contributed by atoms with Crippen LogP contribution in [0, 0.1) is 5.92 Å². The molecule has 0 spiro atoms. The van der Waals surface area contributed by atoms with Gasteiger partial charge >= 0.3 is 6.03 Å². The Bertz CT molecular complexity index is 944. The van der Waals surface area contributed by atoms with Gasteiger partial charge in [-0.1, -0.05) is 24.3 Å². The highest BCUT2D eigenvalue weighted by molar-refractivity contribution is 6.21. The van der Waals surface area contributed by atoms with Crippen molar-refractivity contribution in [2.45, 2.75) is 6.42 Å². The van der Waals surface area contributed by atoms with Crippen LogP contribution < -0.4 is 9.64 Å². The number of anilines is 1. The van der Waals surface area contributed by atoms with E-state index in [-0.39, 0.29) is 24.8 Å². The Kier molecular flexibility index (Phi) is 5.65. The maximum absolute atomic E-state index is 12.7. The van der Waals surface area contributed by atoms with Gasteiger partial charge < -0.3 is 14.5 Å². The first kappa shape index (κ1) is 19.9. The van der Waals surface area contributed by atoms with Crippen LogP contribution in [0.5, 0.6) is 5.75 Å². The minimum absolute atomic E-state index is 0.0530. The molecule has 8 nitrogen and oxygen atoms in total. The van der Waals surface area contributed by atoms with Gasteiger partial charge in [-0.15, -0.1) is 0 Å². The minimum Gasteiger partial charge on any atom is -0.497 e. The third kappa shape index (κ3) is 3.98. The van der Waals surface area contributed by atoms with E-state index in [2.05, 4.69) is 9.89 Å². The number of nitrogens with zero attached hydrogens (tertiary/aromatic N) is 4. The normalized spacial score (nSPS) is 20.9. The molecule has 0 N–H and O–H groups in total. The fraction of sp³-hybridized carbons (Fsp3) is 0.364. The zero-order valence-corrected chi connectivity index (χ0v) is 16.9. The molecule has 0 bridgehead atoms. The van der Waals surface area contributed by atoms with Crippen molar-refractivity contribution in [2.75, 3.05) is 44.7 Å². The molecular weight excluding hydrogens is 384 g/mol. The van der Waals surface area contributed by atoms with Crippen LogP contribution in [0.25, 0.3) is 0 Å². The number of imide groups is 1. The summed E-state index contributed by atoms with van der Waals surface area (Å²) in [5.74, 6) is -0.110. The molecule has 0 radical (unpaired) electrons. The number of fused-ring (bicyclic) bond motifs is 1. The van der Waals surface area contributed by atoms with Crippen molar-refractivity contribution in [3.8, 4) is 5.75 Å². The minimum atomic E-state index is -0.596. The first-order valence-corrected chi connectivity index (χ1v) is 10.0. The number of rotatable bonds is 5. The molecular formula is C22H24N4O4. The van der Waals surface area contributed by atoms with Gasteiger partial charge in [0.2, 0.25) is 11.8 Å². The van der Waals surface area contributed by atoms with Crippen molar-refractivity contribution in [3.05, 3.63) is 48.6 Å². The highest BCUT2D eigenvalue weighted by atomic mass is 16.5. The zero-order valence-electron chi connectivity index (χ0n) is 16.9. The van der Waals surface area contributed by atoms with E-state index < -0.39 is 11.9 Å². The molecule has 4 rings (SSSR count). The van der Waals surface area contributed by atoms with Crippen molar-refractivity contribution in [3.63, 3.8) is 0 Å². The van der Waals surface area contributed by atoms with Crippen LogP contribution in [0.3, 0.4) is 0 Å². The van der Waals surface area contributed by atoms with Crippen LogP contribution in [0.2, 0.25) is 0 Å². The topological polar surface area (TPSA) is 82.5 Å². The zero-order chi connectivity index (χ0) is 21.1. The van der Waals surface area contributed by atoms with Crippen molar-refractivity contribution in [1.29, 1.82) is 0 Å². The third-order valence-corrected chi connectivity index (χ3v) is 5.59. The molecule has 1 unspecified atom stereocenters. The standard InChI is InChI=1S/C22H24N4O4/c1-30-17-6-4-5-16(15-17)24-11-13-25(14-12-24)20(27)9-10-26-21(28)18-7-2-3-8-19(18)23-22(26)29/h2-8,15,18H,9-14H2,1H3. The summed E-state index contributed by atoms with van der Waals surface area (Å²) in [7, 11) is 1.64. The summed E-state index contributed by atoms with van der Waals surface area (Å²) in [5.41, 5.74) is 1.53. The van der Waals surface area contributed by atoms with E-state index in [1.54, 1.807) is 36.3 Å². The summed E-state index contributed by atoms with van der Waals surface area (Å²) in [6.07, 6.45) is 7.02. The first-order valence-electron chi connectivity index (χ1n) is 10.0. The summed E-state index contributed by atoms with van der Waals surface area (Å²) >= 11 is 0. The highest BCUT2D eigenvalue weighted by Crippen LogP contribution is 2.23. The number of hydrogen-bond acceptors (Lipinski definition) is 5. The molecule has 1 aromatic rings. The molecule has 3 aliphatic rings. The molecule has 8 heteroatoms. The van der Waals surface area contributed by atoms with E-state index in [1.807, 2.05) is 24.3 Å². The summed E-state index contributed by atoms with van der Waals surface area (Å²) in [6.45, 7) is 2.67. The lowest BCUT2D eigenvalue weighted by atomic mass is 9.95. The monoisotopic (exact) mass is 408 g/mol. The summed E-state index contributed by atoms with van der Waals surface area (Å²) in [6, 6.07) is 7.26. The number of amides is 4. The first-order chi connectivity index (χ1) is 14.6. The largest absolute Gasteiger partial charge is 0.497 e. The Morgan fingerprint density at radius 2 is 1.97 bits per heavy atom. The van der Waals surface area contributed by atoms with E-state index in [9.17, 15) is 14.4 Å². The van der Waals surface area contributed by atoms with E-state index in [0.29, 0.717) is 31.9 Å². The lowest BCUT2D eigenvalue weighted by Crippen LogP contribution is -2.50. The summed E-state index contributed by atoms with van der Waals surface area (Å²) in [4.78, 5) is 46.6. The second kappa shape index (κ2) is 8.52. The molecule has 4 amide bonds. The van der Waals surface area contributed by atoms with Gasteiger partial charge in [0.1, 0.15) is 5.75 Å². The number of carbonyl (C=O) groups is 3. The van der Waals surface area contributed by atoms with Crippen LogP contribution in [-0.2, 0) is 9.59 Å². The number of hydrogen-bond donors (Lipinski definition) is 0. The number of carbonyl (C=O) groups excluding carboxylic acids is 3. The molecule has 1 saturated heterocycles. The molecule has 156 valence electrons. The number of ether oxygens (including phenoxy) is 1. The van der Waals surface area contributed by atoms with E-state index >= 15 is 0 Å². The van der Waals surface area contributed by atoms with Gasteiger partial charge in [0, 0.05) is 50.9 Å². The van der Waals surface area contributed by atoms with Crippen LogP contribution in [-0.4, -0.2) is 73.2 Å². The van der Waals surface area contributed by atoms with Gasteiger partial charge in [-0.25, -0.2) is 4.79 Å². The van der Waals surface area contributed by atoms with Gasteiger partial charge in [-0.05, 0) is 18.2 Å². The second-order valence-electron chi connectivity index (χ2n) is 7.35. The van der Waals surface area contributed by atoms with Crippen LogP contribution in [0.1, 0.15) is 6.42 Å². The van der Waals surface area contributed by atoms with Crippen LogP contribution in [0.4, 0.5) is 10.5 Å². The Labute approximate surface area is 175 Å². The fourth-order valence-corrected chi connectivity index (χ4v) is 3.87. The number of benzene rings is 1. The average Bonchev–Trinajstić information content (AvgIpc) is 2.79. The molecule has 2 aliphatic heterocycles. The summed E-state index contributed by atoms with van der Waals surface area (Å²) in [5, 5.41) is 0. The van der Waals surface area contributed by atoms with Crippen molar-refractivity contribution in [1.82, 2.24) is 9.80 Å². The number of allylic oxidation sites excluding steroid dienone is 3. The maximum Gasteiger partial charge on any atom is 0.350 e. The molecule has 1 aromatic carbocycles. The van der Waals surface area contributed by atoms with Crippen molar-refractivity contribution in [2.24, 2.45) is 10.9 Å². The quantitative estimate of drug-likeness (QED) is 0.743. The predicted molar refractivity (Wildman–Crippen MR) is 113 cm³/mol. The third-order valence-electron chi connectivity index (χ3n) is 5.59. The molecule has 0 aromatic heterocycles. The van der Waals surface area contributed by atoms with E-state index in [0.717, 1.165) is 16.3 Å². The Hall–Kier alpha value is -3.42. The number of aliphatic imine (C=N–C) groups is 1. The molecule has 1 atom stereocenters. The van der Waals surface area contributed by atoms with Crippen LogP contribution in [0.15, 0.2) is 53.6 Å². The SMILES string of the molecule is COc1cccc(N2CCN(C(=O)CCN3C(=O)N=C4C=CC=CC4C3=O)CC2)c1. The Morgan fingerprint density at radius 1 is 1.17 bits per heavy atom. The van der Waals surface area contributed by atoms with Gasteiger partial charge in [0.05, 0.1) is 18.7 Å². The van der Waals surface area contributed by atoms with Gasteiger partial charge in [0.25, 0.3) is 0 Å². The number of urea groups is 1. The molecule has 0 saturated carbocycles. The fourth-order valence-electron chi connectivity index (χ4n) is 3.87. The second-order valence-corrected chi connectivity index (χ2v) is 7.35. The molecule has 1 aliphatic carbocycles. The average molecular weight is 408 g/mol. The van der Waals surface area contributed by atoms with Crippen LogP contribution >= 0.6 is 0 Å². The Balaban J connectivity index is 1.30. The maximum atomic E-state index is 12.7. The summed E-state index contributed by atoms with van der Waals surface area (Å²) < 4.78 is 5.28. The van der Waals surface area contributed by atoms with Gasteiger partial charge in [0.15, 0.2) is 0 Å². The molecule has 2 heterocycles. The number of piperazine rings is 1. The highest BCUT2D eigenvalue weighted by Gasteiger charge is 2.36. The lowest BCUT2D eigenvalue weighted by Gasteiger charge is -2.36. The number of methoxy groups -OCH3 is 1.